The first-order valence-corrected chi connectivity index (χ1v) is 5.80. The Bertz CT molecular complexity index is 472. The van der Waals surface area contributed by atoms with Gasteiger partial charge >= 0.3 is 0 Å². The van der Waals surface area contributed by atoms with E-state index in [1.165, 1.54) is 26.7 Å². The summed E-state index contributed by atoms with van der Waals surface area (Å²) in [6, 6.07) is 14.9. The lowest BCUT2D eigenvalue weighted by atomic mass is 9.99. The SMILES string of the molecule is Cc1cc(C)c(-c2ccccc2)cc1Br. The van der Waals surface area contributed by atoms with Crippen molar-refractivity contribution in [3.8, 4) is 11.1 Å². The Labute approximate surface area is 99.1 Å². The predicted octanol–water partition coefficient (Wildman–Crippen LogP) is 4.73. The van der Waals surface area contributed by atoms with Gasteiger partial charge in [0, 0.05) is 4.47 Å². The fraction of sp³-hybridized carbons (Fsp3) is 0.143. The summed E-state index contributed by atoms with van der Waals surface area (Å²) in [5, 5.41) is 0. The first-order valence-electron chi connectivity index (χ1n) is 5.00. The van der Waals surface area contributed by atoms with E-state index in [0.717, 1.165) is 0 Å². The quantitative estimate of drug-likeness (QED) is 0.696. The van der Waals surface area contributed by atoms with Gasteiger partial charge in [0.25, 0.3) is 0 Å². The molecule has 2 aromatic carbocycles. The standard InChI is InChI=1S/C14H13Br/c1-10-8-11(2)14(15)9-13(10)12-6-4-3-5-7-12/h3-9H,1-2H3. The van der Waals surface area contributed by atoms with Crippen LogP contribution in [0.2, 0.25) is 0 Å². The van der Waals surface area contributed by atoms with Crippen LogP contribution in [0.25, 0.3) is 11.1 Å². The Hall–Kier alpha value is -1.08. The van der Waals surface area contributed by atoms with Crippen LogP contribution in [0.5, 0.6) is 0 Å². The van der Waals surface area contributed by atoms with Crippen molar-refractivity contribution in [1.82, 2.24) is 0 Å². The Morgan fingerprint density at radius 1 is 0.867 bits per heavy atom. The molecule has 0 radical (unpaired) electrons. The monoisotopic (exact) mass is 260 g/mol. The highest BCUT2D eigenvalue weighted by atomic mass is 79.9. The second-order valence-corrected chi connectivity index (χ2v) is 4.64. The molecule has 0 aliphatic carbocycles. The van der Waals surface area contributed by atoms with Crippen molar-refractivity contribution < 1.29 is 0 Å². The van der Waals surface area contributed by atoms with Crippen molar-refractivity contribution in [2.24, 2.45) is 0 Å². The van der Waals surface area contributed by atoms with Crippen LogP contribution in [0.4, 0.5) is 0 Å². The molecule has 0 heterocycles. The number of benzene rings is 2. The molecular formula is C14H13Br. The van der Waals surface area contributed by atoms with Gasteiger partial charge in [-0.25, -0.2) is 0 Å². The van der Waals surface area contributed by atoms with Crippen LogP contribution in [0.1, 0.15) is 11.1 Å². The Morgan fingerprint density at radius 2 is 1.53 bits per heavy atom. The van der Waals surface area contributed by atoms with E-state index >= 15 is 0 Å². The maximum Gasteiger partial charge on any atom is 0.0210 e. The normalized spacial score (nSPS) is 10.3. The summed E-state index contributed by atoms with van der Waals surface area (Å²) in [5.74, 6) is 0. The second kappa shape index (κ2) is 4.19. The van der Waals surface area contributed by atoms with Crippen molar-refractivity contribution >= 4 is 15.9 Å². The van der Waals surface area contributed by atoms with Gasteiger partial charge in [0.15, 0.2) is 0 Å². The average molecular weight is 261 g/mol. The molecule has 0 N–H and O–H groups in total. The van der Waals surface area contributed by atoms with Gasteiger partial charge in [-0.05, 0) is 42.2 Å². The predicted molar refractivity (Wildman–Crippen MR) is 69.1 cm³/mol. The summed E-state index contributed by atoms with van der Waals surface area (Å²) < 4.78 is 1.17. The summed E-state index contributed by atoms with van der Waals surface area (Å²) >= 11 is 3.58. The summed E-state index contributed by atoms with van der Waals surface area (Å²) in [6.45, 7) is 4.27. The van der Waals surface area contributed by atoms with Crippen molar-refractivity contribution in [2.75, 3.05) is 0 Å². The Balaban J connectivity index is 2.59. The summed E-state index contributed by atoms with van der Waals surface area (Å²) in [4.78, 5) is 0. The molecule has 0 aliphatic heterocycles. The zero-order chi connectivity index (χ0) is 10.8. The van der Waals surface area contributed by atoms with Gasteiger partial charge < -0.3 is 0 Å². The molecule has 15 heavy (non-hydrogen) atoms. The molecule has 0 unspecified atom stereocenters. The molecule has 0 amide bonds. The Morgan fingerprint density at radius 3 is 2.20 bits per heavy atom. The van der Waals surface area contributed by atoms with Crippen LogP contribution in [-0.2, 0) is 0 Å². The minimum absolute atomic E-state index is 1.17. The number of hydrogen-bond acceptors (Lipinski definition) is 0. The smallest absolute Gasteiger partial charge is 0.0210 e. The van der Waals surface area contributed by atoms with E-state index in [1.807, 2.05) is 6.07 Å². The molecule has 1 heteroatoms. The van der Waals surface area contributed by atoms with Crippen molar-refractivity contribution in [3.05, 3.63) is 58.1 Å². The van der Waals surface area contributed by atoms with Gasteiger partial charge in [-0.1, -0.05) is 52.3 Å². The highest BCUT2D eigenvalue weighted by molar-refractivity contribution is 9.10. The van der Waals surface area contributed by atoms with E-state index < -0.39 is 0 Å². The summed E-state index contributed by atoms with van der Waals surface area (Å²) in [7, 11) is 0. The largest absolute Gasteiger partial charge is 0.0622 e. The number of aryl methyl sites for hydroxylation is 2. The van der Waals surface area contributed by atoms with Gasteiger partial charge in [0.2, 0.25) is 0 Å². The fourth-order valence-electron chi connectivity index (χ4n) is 1.75. The topological polar surface area (TPSA) is 0 Å². The molecule has 0 fully saturated rings. The molecule has 0 nitrogen and oxygen atoms in total. The van der Waals surface area contributed by atoms with E-state index in [9.17, 15) is 0 Å². The molecule has 0 aliphatic rings. The van der Waals surface area contributed by atoms with Crippen LogP contribution in [-0.4, -0.2) is 0 Å². The first kappa shape index (κ1) is 10.4. The zero-order valence-corrected chi connectivity index (χ0v) is 10.5. The summed E-state index contributed by atoms with van der Waals surface area (Å²) in [6.07, 6.45) is 0. The third-order valence-corrected chi connectivity index (χ3v) is 3.44. The third kappa shape index (κ3) is 2.13. The van der Waals surface area contributed by atoms with Gasteiger partial charge in [0.1, 0.15) is 0 Å². The lowest BCUT2D eigenvalue weighted by Gasteiger charge is -2.08. The van der Waals surface area contributed by atoms with E-state index in [-0.39, 0.29) is 0 Å². The number of hydrogen-bond donors (Lipinski definition) is 0. The van der Waals surface area contributed by atoms with Gasteiger partial charge in [-0.3, -0.25) is 0 Å². The minimum Gasteiger partial charge on any atom is -0.0622 e. The van der Waals surface area contributed by atoms with Crippen molar-refractivity contribution in [2.45, 2.75) is 13.8 Å². The molecule has 76 valence electrons. The van der Waals surface area contributed by atoms with Gasteiger partial charge in [0.05, 0.1) is 0 Å². The third-order valence-electron chi connectivity index (χ3n) is 2.59. The second-order valence-electron chi connectivity index (χ2n) is 3.78. The van der Waals surface area contributed by atoms with Gasteiger partial charge in [-0.2, -0.15) is 0 Å². The summed E-state index contributed by atoms with van der Waals surface area (Å²) in [5.41, 5.74) is 5.18. The molecular weight excluding hydrogens is 248 g/mol. The number of halogens is 1. The maximum atomic E-state index is 3.58. The molecule has 0 saturated heterocycles. The molecule has 0 aromatic heterocycles. The van der Waals surface area contributed by atoms with Crippen LogP contribution >= 0.6 is 15.9 Å². The molecule has 2 rings (SSSR count). The molecule has 0 spiro atoms. The average Bonchev–Trinajstić information content (AvgIpc) is 2.25. The molecule has 0 saturated carbocycles. The molecule has 0 atom stereocenters. The fourth-order valence-corrected chi connectivity index (χ4v) is 2.10. The Kier molecular flexibility index (Phi) is 2.92. The number of rotatable bonds is 1. The first-order chi connectivity index (χ1) is 7.18. The van der Waals surface area contributed by atoms with Crippen molar-refractivity contribution in [3.63, 3.8) is 0 Å². The van der Waals surface area contributed by atoms with Crippen molar-refractivity contribution in [1.29, 1.82) is 0 Å². The van der Waals surface area contributed by atoms with Crippen LogP contribution in [0.3, 0.4) is 0 Å². The zero-order valence-electron chi connectivity index (χ0n) is 8.92. The minimum atomic E-state index is 1.17. The van der Waals surface area contributed by atoms with Crippen LogP contribution in [0.15, 0.2) is 46.9 Å². The maximum absolute atomic E-state index is 3.58. The van der Waals surface area contributed by atoms with E-state index in [0.29, 0.717) is 0 Å². The van der Waals surface area contributed by atoms with E-state index in [4.69, 9.17) is 0 Å². The van der Waals surface area contributed by atoms with Gasteiger partial charge in [-0.15, -0.1) is 0 Å². The van der Waals surface area contributed by atoms with E-state index in [1.54, 1.807) is 0 Å². The van der Waals surface area contributed by atoms with Crippen LogP contribution < -0.4 is 0 Å². The lowest BCUT2D eigenvalue weighted by molar-refractivity contribution is 1.36. The molecule has 2 aromatic rings. The van der Waals surface area contributed by atoms with E-state index in [2.05, 4.69) is 66.2 Å². The highest BCUT2D eigenvalue weighted by Crippen LogP contribution is 2.28. The highest BCUT2D eigenvalue weighted by Gasteiger charge is 2.04. The lowest BCUT2D eigenvalue weighted by Crippen LogP contribution is -1.86. The molecule has 0 bridgehead atoms. The van der Waals surface area contributed by atoms with Crippen LogP contribution in [0, 0.1) is 13.8 Å².